The van der Waals surface area contributed by atoms with Crippen molar-refractivity contribution in [2.75, 3.05) is 6.61 Å². The minimum absolute atomic E-state index is 0.0308. The number of nitrogens with one attached hydrogen (secondary N) is 1. The topological polar surface area (TPSA) is 81.8 Å². The van der Waals surface area contributed by atoms with Gasteiger partial charge in [-0.15, -0.1) is 0 Å². The number of rotatable bonds is 2. The second-order valence-corrected chi connectivity index (χ2v) is 5.48. The number of hydrogen-bond acceptors (Lipinski definition) is 6. The van der Waals surface area contributed by atoms with Gasteiger partial charge < -0.3 is 0 Å². The summed E-state index contributed by atoms with van der Waals surface area (Å²) in [6.07, 6.45) is 5.14. The van der Waals surface area contributed by atoms with Gasteiger partial charge >= 0.3 is 121 Å². The van der Waals surface area contributed by atoms with E-state index in [0.717, 1.165) is 18.7 Å². The summed E-state index contributed by atoms with van der Waals surface area (Å²) in [6.45, 7) is 0.0782. The normalized spacial score (nSPS) is 40.2. The maximum atomic E-state index is 9.11. The van der Waals surface area contributed by atoms with Crippen LogP contribution in [0.2, 0.25) is 0 Å². The number of amidine groups is 1. The van der Waals surface area contributed by atoms with Gasteiger partial charge in [-0.3, -0.25) is 0 Å². The number of ether oxygens (including phenoxy) is 1. The third-order valence-electron chi connectivity index (χ3n) is 3.43. The van der Waals surface area contributed by atoms with Crippen molar-refractivity contribution in [1.82, 2.24) is 10.2 Å². The first-order valence-electron chi connectivity index (χ1n) is 5.96. The van der Waals surface area contributed by atoms with E-state index in [4.69, 9.17) is 9.84 Å². The fraction of sp³-hybridized carbons (Fsp3) is 0.700. The molecular formula is C10H14N5O2Tl. The average molecular weight is 441 g/mol. The van der Waals surface area contributed by atoms with Crippen LogP contribution >= 0.6 is 0 Å². The first kappa shape index (κ1) is 12.5. The molecule has 0 aromatic carbocycles. The zero-order valence-corrected chi connectivity index (χ0v) is 14.3. The van der Waals surface area contributed by atoms with Crippen LogP contribution in [0.3, 0.4) is 0 Å². The van der Waals surface area contributed by atoms with Crippen molar-refractivity contribution in [1.29, 1.82) is 0 Å². The molecular weight excluding hydrogens is 427 g/mol. The molecule has 2 N–H and O–H groups in total. The SMILES string of the molecule is OCC1CCC(N2C=NC3/C(=[N]/[Tl])NC=NC32)O1. The standard InChI is InChI=1S/C10H14N5O2.Tl/c11-9-8-10(13-4-12-9)15(5-14-8)7-2-1-6(3-16)17-7;/h4-8,10,16H,1-3H2,(H-,11,12,13);/q-1;+1. The predicted molar refractivity (Wildman–Crippen MR) is 67.7 cm³/mol. The van der Waals surface area contributed by atoms with E-state index in [1.165, 1.54) is 0 Å². The van der Waals surface area contributed by atoms with Crippen molar-refractivity contribution < 1.29 is 9.84 Å². The van der Waals surface area contributed by atoms with Gasteiger partial charge in [0.25, 0.3) is 0 Å². The Balaban J connectivity index is 1.75. The van der Waals surface area contributed by atoms with Crippen LogP contribution < -0.4 is 5.32 Å². The molecule has 3 rings (SSSR count). The molecule has 0 aromatic rings. The molecule has 0 radical (unpaired) electrons. The van der Waals surface area contributed by atoms with E-state index >= 15 is 0 Å². The van der Waals surface area contributed by atoms with E-state index in [9.17, 15) is 0 Å². The molecule has 18 heavy (non-hydrogen) atoms. The van der Waals surface area contributed by atoms with Crippen molar-refractivity contribution in [2.24, 2.45) is 12.8 Å². The first-order valence-corrected chi connectivity index (χ1v) is 7.97. The molecule has 8 heteroatoms. The molecule has 0 saturated carbocycles. The summed E-state index contributed by atoms with van der Waals surface area (Å²) in [7, 11) is 0. The van der Waals surface area contributed by atoms with Gasteiger partial charge in [-0.1, -0.05) is 0 Å². The Bertz CT molecular complexity index is 413. The van der Waals surface area contributed by atoms with Gasteiger partial charge in [-0.2, -0.15) is 0 Å². The van der Waals surface area contributed by atoms with Crippen LogP contribution in [0.1, 0.15) is 12.8 Å². The average Bonchev–Trinajstić information content (AvgIpc) is 3.03. The fourth-order valence-electron chi connectivity index (χ4n) is 2.49. The Labute approximate surface area is 121 Å². The zero-order valence-electron chi connectivity index (χ0n) is 9.81. The van der Waals surface area contributed by atoms with E-state index in [2.05, 4.69) is 18.1 Å². The number of hydrogen-bond donors (Lipinski definition) is 2. The Hall–Kier alpha value is -0.548. The third kappa shape index (κ3) is 2.07. The molecule has 3 aliphatic rings. The maximum absolute atomic E-state index is 9.11. The van der Waals surface area contributed by atoms with E-state index in [0.29, 0.717) is 26.1 Å². The fourth-order valence-corrected chi connectivity index (χ4v) is 3.37. The van der Waals surface area contributed by atoms with Crippen LogP contribution in [-0.4, -0.2) is 85.7 Å². The van der Waals surface area contributed by atoms with Crippen molar-refractivity contribution in [3.8, 4) is 0 Å². The first-order chi connectivity index (χ1) is 8.83. The summed E-state index contributed by atoms with van der Waals surface area (Å²) < 4.78 is 10.1. The Morgan fingerprint density at radius 2 is 2.44 bits per heavy atom. The molecule has 0 amide bonds. The van der Waals surface area contributed by atoms with Gasteiger partial charge in [0.1, 0.15) is 0 Å². The van der Waals surface area contributed by atoms with Crippen molar-refractivity contribution in [3.63, 3.8) is 0 Å². The van der Waals surface area contributed by atoms with Crippen LogP contribution in [0, 0.1) is 0 Å². The Morgan fingerprint density at radius 3 is 3.17 bits per heavy atom. The molecule has 1 fully saturated rings. The second kappa shape index (κ2) is 5.21. The molecule has 3 aliphatic heterocycles. The Kier molecular flexibility index (Phi) is 3.62. The monoisotopic (exact) mass is 441 g/mol. The van der Waals surface area contributed by atoms with E-state index in [-0.39, 0.29) is 31.1 Å². The molecule has 0 aromatic heterocycles. The van der Waals surface area contributed by atoms with Gasteiger partial charge in [0.2, 0.25) is 0 Å². The number of nitrogens with zero attached hydrogens (tertiary/aromatic N) is 4. The quantitative estimate of drug-likeness (QED) is 0.520. The molecule has 3 heterocycles. The van der Waals surface area contributed by atoms with Crippen LogP contribution in [0.5, 0.6) is 0 Å². The minimum atomic E-state index is -0.0543. The molecule has 0 bridgehead atoms. The van der Waals surface area contributed by atoms with E-state index < -0.39 is 0 Å². The number of aliphatic hydroxyl groups is 1. The van der Waals surface area contributed by atoms with Crippen molar-refractivity contribution >= 4 is 44.6 Å². The molecule has 1 saturated heterocycles. The number of aliphatic imine (C=N–C) groups is 2. The summed E-state index contributed by atoms with van der Waals surface area (Å²) in [5, 5.41) is 12.2. The number of aliphatic hydroxyl groups excluding tert-OH is 1. The van der Waals surface area contributed by atoms with E-state index in [1.807, 2.05) is 4.90 Å². The van der Waals surface area contributed by atoms with Crippen LogP contribution in [0.25, 0.3) is 0 Å². The summed E-state index contributed by atoms with van der Waals surface area (Å²) >= 11 is 0.551. The molecule has 7 nitrogen and oxygen atoms in total. The van der Waals surface area contributed by atoms with Crippen LogP contribution in [0.15, 0.2) is 12.8 Å². The second-order valence-electron chi connectivity index (χ2n) is 4.48. The van der Waals surface area contributed by atoms with Crippen LogP contribution in [-0.2, 0) is 4.74 Å². The van der Waals surface area contributed by atoms with E-state index in [1.54, 1.807) is 12.7 Å². The van der Waals surface area contributed by atoms with Gasteiger partial charge in [0, 0.05) is 0 Å². The molecule has 0 aliphatic carbocycles. The zero-order chi connectivity index (χ0) is 12.5. The molecule has 4 atom stereocenters. The van der Waals surface area contributed by atoms with Crippen molar-refractivity contribution in [3.05, 3.63) is 0 Å². The molecule has 0 spiro atoms. The van der Waals surface area contributed by atoms with Gasteiger partial charge in [0.15, 0.2) is 0 Å². The summed E-state index contributed by atoms with van der Waals surface area (Å²) in [4.78, 5) is 10.9. The summed E-state index contributed by atoms with van der Waals surface area (Å²) in [5.74, 6) is 0.899. The van der Waals surface area contributed by atoms with Crippen LogP contribution in [0.4, 0.5) is 0 Å². The molecule has 4 unspecified atom stereocenters. The number of fused-ring (bicyclic) bond motifs is 1. The van der Waals surface area contributed by atoms with Gasteiger partial charge in [-0.05, 0) is 0 Å². The molecule has 94 valence electrons. The van der Waals surface area contributed by atoms with Gasteiger partial charge in [0.05, 0.1) is 0 Å². The Morgan fingerprint density at radius 1 is 1.56 bits per heavy atom. The predicted octanol–water partition coefficient (Wildman–Crippen LogP) is -1.36. The van der Waals surface area contributed by atoms with Gasteiger partial charge in [-0.25, -0.2) is 0 Å². The summed E-state index contributed by atoms with van der Waals surface area (Å²) in [5.41, 5.74) is 0. The van der Waals surface area contributed by atoms with Crippen molar-refractivity contribution in [2.45, 2.75) is 37.4 Å². The third-order valence-corrected chi connectivity index (χ3v) is 4.51. The summed E-state index contributed by atoms with van der Waals surface area (Å²) in [6, 6.07) is -0.0308.